The predicted molar refractivity (Wildman–Crippen MR) is 102 cm³/mol. The van der Waals surface area contributed by atoms with Crippen LogP contribution in [-0.2, 0) is 5.41 Å². The van der Waals surface area contributed by atoms with Gasteiger partial charge in [0, 0.05) is 0 Å². The summed E-state index contributed by atoms with van der Waals surface area (Å²) in [6, 6.07) is 15.4. The van der Waals surface area contributed by atoms with E-state index in [0.29, 0.717) is 5.92 Å². The first-order valence-corrected chi connectivity index (χ1v) is 8.92. The average molecular weight is 299 g/mol. The van der Waals surface area contributed by atoms with Crippen molar-refractivity contribution in [1.82, 2.24) is 0 Å². The summed E-state index contributed by atoms with van der Waals surface area (Å²) >= 11 is 0. The third-order valence-electron chi connectivity index (χ3n) is 4.89. The number of hydrogen-bond acceptors (Lipinski definition) is 0. The van der Waals surface area contributed by atoms with Crippen LogP contribution in [0.4, 0.5) is 0 Å². The fourth-order valence-electron chi connectivity index (χ4n) is 2.42. The highest BCUT2D eigenvalue weighted by Gasteiger charge is 2.24. The van der Waals surface area contributed by atoms with Gasteiger partial charge in [0.05, 0.1) is 0 Å². The standard InChI is InChI=1S/C16H20.C6H14/c1-12(2)16(3,4)15-10-9-13-7-5-6-8-14(13)11-15;1-3-5-6-4-2/h5-12H,1-4H3;3-6H2,1-2H3. The Morgan fingerprint density at radius 2 is 1.36 bits per heavy atom. The summed E-state index contributed by atoms with van der Waals surface area (Å²) in [7, 11) is 0. The monoisotopic (exact) mass is 298 g/mol. The SMILES string of the molecule is CC(C)C(C)(C)c1ccc2ccccc2c1.CCCCCC. The zero-order chi connectivity index (χ0) is 16.6. The summed E-state index contributed by atoms with van der Waals surface area (Å²) in [5.74, 6) is 0.647. The third kappa shape index (κ3) is 5.16. The lowest BCUT2D eigenvalue weighted by Gasteiger charge is -2.30. The molecule has 0 atom stereocenters. The van der Waals surface area contributed by atoms with E-state index in [0.717, 1.165) is 0 Å². The Morgan fingerprint density at radius 1 is 0.818 bits per heavy atom. The molecule has 0 N–H and O–H groups in total. The lowest BCUT2D eigenvalue weighted by atomic mass is 9.75. The molecular weight excluding hydrogens is 264 g/mol. The Morgan fingerprint density at radius 3 is 1.86 bits per heavy atom. The summed E-state index contributed by atoms with van der Waals surface area (Å²) in [6.07, 6.45) is 5.54. The zero-order valence-electron chi connectivity index (χ0n) is 15.4. The molecular formula is C22H34. The molecule has 0 radical (unpaired) electrons. The van der Waals surface area contributed by atoms with Gasteiger partial charge in [-0.25, -0.2) is 0 Å². The maximum absolute atomic E-state index is 2.33. The molecule has 0 bridgehead atoms. The highest BCUT2D eigenvalue weighted by Crippen LogP contribution is 2.32. The minimum Gasteiger partial charge on any atom is -0.0654 e. The molecule has 0 saturated heterocycles. The summed E-state index contributed by atoms with van der Waals surface area (Å²) < 4.78 is 0. The van der Waals surface area contributed by atoms with Crippen molar-refractivity contribution in [2.24, 2.45) is 5.92 Å². The number of benzene rings is 2. The van der Waals surface area contributed by atoms with E-state index < -0.39 is 0 Å². The van der Waals surface area contributed by atoms with Crippen molar-refractivity contribution >= 4 is 10.8 Å². The van der Waals surface area contributed by atoms with E-state index in [4.69, 9.17) is 0 Å². The molecule has 2 rings (SSSR count). The molecule has 0 nitrogen and oxygen atoms in total. The van der Waals surface area contributed by atoms with Crippen LogP contribution < -0.4 is 0 Å². The van der Waals surface area contributed by atoms with Crippen molar-refractivity contribution in [2.45, 2.75) is 72.6 Å². The van der Waals surface area contributed by atoms with Gasteiger partial charge >= 0.3 is 0 Å². The van der Waals surface area contributed by atoms with E-state index >= 15 is 0 Å². The molecule has 2 aromatic rings. The van der Waals surface area contributed by atoms with E-state index in [1.54, 1.807) is 0 Å². The summed E-state index contributed by atoms with van der Waals surface area (Å²) in [6.45, 7) is 13.7. The van der Waals surface area contributed by atoms with Crippen LogP contribution in [0.15, 0.2) is 42.5 Å². The van der Waals surface area contributed by atoms with Crippen LogP contribution in [0.1, 0.15) is 72.8 Å². The van der Waals surface area contributed by atoms with Crippen LogP contribution in [0.3, 0.4) is 0 Å². The molecule has 2 aromatic carbocycles. The van der Waals surface area contributed by atoms with Gasteiger partial charge in [0.25, 0.3) is 0 Å². The molecule has 22 heavy (non-hydrogen) atoms. The van der Waals surface area contributed by atoms with E-state index in [1.165, 1.54) is 42.0 Å². The van der Waals surface area contributed by atoms with Gasteiger partial charge in [0.2, 0.25) is 0 Å². The molecule has 0 unspecified atom stereocenters. The van der Waals surface area contributed by atoms with Crippen LogP contribution in [-0.4, -0.2) is 0 Å². The van der Waals surface area contributed by atoms with Crippen molar-refractivity contribution in [1.29, 1.82) is 0 Å². The van der Waals surface area contributed by atoms with Crippen molar-refractivity contribution in [3.05, 3.63) is 48.0 Å². The van der Waals surface area contributed by atoms with Crippen molar-refractivity contribution in [2.75, 3.05) is 0 Å². The number of fused-ring (bicyclic) bond motifs is 1. The maximum atomic E-state index is 2.33. The molecule has 0 aliphatic rings. The van der Waals surface area contributed by atoms with Crippen molar-refractivity contribution in [3.8, 4) is 0 Å². The minimum absolute atomic E-state index is 0.240. The van der Waals surface area contributed by atoms with Crippen LogP contribution >= 0.6 is 0 Å². The van der Waals surface area contributed by atoms with Crippen molar-refractivity contribution < 1.29 is 0 Å². The van der Waals surface area contributed by atoms with E-state index in [9.17, 15) is 0 Å². The first kappa shape index (κ1) is 18.7. The largest absolute Gasteiger partial charge is 0.0654 e. The Hall–Kier alpha value is -1.30. The topological polar surface area (TPSA) is 0 Å². The van der Waals surface area contributed by atoms with Gasteiger partial charge in [-0.3, -0.25) is 0 Å². The highest BCUT2D eigenvalue weighted by molar-refractivity contribution is 5.83. The van der Waals surface area contributed by atoms with Crippen LogP contribution in [0.2, 0.25) is 0 Å². The smallest absolute Gasteiger partial charge is 0.00803 e. The van der Waals surface area contributed by atoms with Crippen molar-refractivity contribution in [3.63, 3.8) is 0 Å². The normalized spacial score (nSPS) is 11.4. The maximum Gasteiger partial charge on any atom is -0.00803 e. The van der Waals surface area contributed by atoms with E-state index in [1.807, 2.05) is 0 Å². The second-order valence-corrected chi connectivity index (χ2v) is 7.15. The second-order valence-electron chi connectivity index (χ2n) is 7.15. The molecule has 0 amide bonds. The van der Waals surface area contributed by atoms with Gasteiger partial charge in [0.1, 0.15) is 0 Å². The Bertz CT molecular complexity index is 545. The Balaban J connectivity index is 0.000000346. The number of hydrogen-bond donors (Lipinski definition) is 0. The summed E-state index contributed by atoms with van der Waals surface area (Å²) in [5.41, 5.74) is 1.67. The molecule has 0 saturated carbocycles. The average Bonchev–Trinajstić information content (AvgIpc) is 2.52. The fourth-order valence-corrected chi connectivity index (χ4v) is 2.42. The van der Waals surface area contributed by atoms with E-state index in [-0.39, 0.29) is 5.41 Å². The number of rotatable bonds is 5. The van der Waals surface area contributed by atoms with Gasteiger partial charge in [-0.15, -0.1) is 0 Å². The molecule has 122 valence electrons. The molecule has 0 spiro atoms. The highest BCUT2D eigenvalue weighted by atomic mass is 14.3. The fraction of sp³-hybridized carbons (Fsp3) is 0.545. The minimum atomic E-state index is 0.240. The van der Waals surface area contributed by atoms with Gasteiger partial charge < -0.3 is 0 Å². The summed E-state index contributed by atoms with van der Waals surface area (Å²) in [5, 5.41) is 2.67. The third-order valence-corrected chi connectivity index (χ3v) is 4.89. The van der Waals surface area contributed by atoms with Gasteiger partial charge in [0.15, 0.2) is 0 Å². The Labute approximate surface area is 137 Å². The van der Waals surface area contributed by atoms with Gasteiger partial charge in [-0.05, 0) is 27.7 Å². The molecule has 0 aromatic heterocycles. The predicted octanol–water partition coefficient (Wildman–Crippen LogP) is 7.36. The molecule has 0 heteroatoms. The van der Waals surface area contributed by atoms with Crippen LogP contribution in [0.25, 0.3) is 10.8 Å². The molecule has 0 fully saturated rings. The first-order chi connectivity index (χ1) is 10.4. The summed E-state index contributed by atoms with van der Waals surface area (Å²) in [4.78, 5) is 0. The van der Waals surface area contributed by atoms with Crippen LogP contribution in [0.5, 0.6) is 0 Å². The zero-order valence-corrected chi connectivity index (χ0v) is 15.4. The van der Waals surface area contributed by atoms with Gasteiger partial charge in [-0.1, -0.05) is 110 Å². The van der Waals surface area contributed by atoms with Gasteiger partial charge in [-0.2, -0.15) is 0 Å². The number of unbranched alkanes of at least 4 members (excludes halogenated alkanes) is 3. The quantitative estimate of drug-likeness (QED) is 0.506. The second kappa shape index (κ2) is 8.98. The van der Waals surface area contributed by atoms with Crippen LogP contribution in [0, 0.1) is 5.92 Å². The lowest BCUT2D eigenvalue weighted by molar-refractivity contribution is 0.372. The lowest BCUT2D eigenvalue weighted by Crippen LogP contribution is -2.24. The molecule has 0 heterocycles. The first-order valence-electron chi connectivity index (χ1n) is 8.92. The molecule has 0 aliphatic heterocycles. The van der Waals surface area contributed by atoms with E-state index in [2.05, 4.69) is 84.0 Å². The Kier molecular flexibility index (Phi) is 7.65. The molecule has 0 aliphatic carbocycles.